The molecule has 3 rings (SSSR count). The molecule has 0 saturated carbocycles. The summed E-state index contributed by atoms with van der Waals surface area (Å²) in [5, 5.41) is 4.85. The van der Waals surface area contributed by atoms with E-state index in [-0.39, 0.29) is 11.9 Å². The van der Waals surface area contributed by atoms with Crippen LogP contribution in [0.25, 0.3) is 10.8 Å². The summed E-state index contributed by atoms with van der Waals surface area (Å²) >= 11 is 0. The smallest absolute Gasteiger partial charge is 0.242 e. The molecule has 0 spiro atoms. The Morgan fingerprint density at radius 2 is 2.26 bits per heavy atom. The third-order valence-corrected chi connectivity index (χ3v) is 3.65. The number of piperazine rings is 1. The van der Waals surface area contributed by atoms with Crippen molar-refractivity contribution in [3.63, 3.8) is 0 Å². The van der Waals surface area contributed by atoms with Gasteiger partial charge in [0.05, 0.1) is 11.4 Å². The highest BCUT2D eigenvalue weighted by Gasteiger charge is 2.27. The number of benzene rings is 1. The SMILES string of the molecule is CC1C(=O)NCCN1c1ccc2cnccc2c1N. The van der Waals surface area contributed by atoms with E-state index in [1.807, 2.05) is 30.0 Å². The van der Waals surface area contributed by atoms with E-state index in [4.69, 9.17) is 5.73 Å². The average Bonchev–Trinajstić information content (AvgIpc) is 2.43. The molecule has 5 nitrogen and oxygen atoms in total. The lowest BCUT2D eigenvalue weighted by Gasteiger charge is -2.35. The topological polar surface area (TPSA) is 71.2 Å². The number of nitrogens with two attached hydrogens (primary N) is 1. The molecule has 2 aromatic rings. The summed E-state index contributed by atoms with van der Waals surface area (Å²) in [6.45, 7) is 3.31. The molecule has 0 bridgehead atoms. The summed E-state index contributed by atoms with van der Waals surface area (Å²) in [6.07, 6.45) is 3.52. The average molecular weight is 256 g/mol. The Morgan fingerprint density at radius 1 is 1.42 bits per heavy atom. The maximum atomic E-state index is 11.7. The Kier molecular flexibility index (Phi) is 2.74. The molecule has 3 N–H and O–H groups in total. The summed E-state index contributed by atoms with van der Waals surface area (Å²) in [5.74, 6) is 0.0421. The first-order chi connectivity index (χ1) is 9.18. The minimum Gasteiger partial charge on any atom is -0.397 e. The van der Waals surface area contributed by atoms with Crippen LogP contribution < -0.4 is 16.0 Å². The van der Waals surface area contributed by atoms with Crippen LogP contribution in [0.3, 0.4) is 0 Å². The number of hydrogen-bond acceptors (Lipinski definition) is 4. The number of nitrogen functional groups attached to an aromatic ring is 1. The highest BCUT2D eigenvalue weighted by molar-refractivity contribution is 6.00. The predicted molar refractivity (Wildman–Crippen MR) is 76.0 cm³/mol. The van der Waals surface area contributed by atoms with E-state index in [1.54, 1.807) is 12.4 Å². The third kappa shape index (κ3) is 1.87. The first kappa shape index (κ1) is 11.8. The third-order valence-electron chi connectivity index (χ3n) is 3.65. The van der Waals surface area contributed by atoms with Crippen molar-refractivity contribution in [2.24, 2.45) is 0 Å². The number of carbonyl (C=O) groups excluding carboxylic acids is 1. The van der Waals surface area contributed by atoms with Crippen molar-refractivity contribution in [3.05, 3.63) is 30.6 Å². The molecule has 1 aromatic carbocycles. The fraction of sp³-hybridized carbons (Fsp3) is 0.286. The van der Waals surface area contributed by atoms with Gasteiger partial charge in [-0.1, -0.05) is 6.07 Å². The molecule has 2 heterocycles. The summed E-state index contributed by atoms with van der Waals surface area (Å²) in [4.78, 5) is 17.9. The van der Waals surface area contributed by atoms with Crippen molar-refractivity contribution in [1.82, 2.24) is 10.3 Å². The Balaban J connectivity index is 2.10. The van der Waals surface area contributed by atoms with Gasteiger partial charge in [0.25, 0.3) is 0 Å². The molecule has 1 aliphatic heterocycles. The Bertz CT molecular complexity index is 640. The molecule has 1 atom stereocenters. The van der Waals surface area contributed by atoms with Crippen molar-refractivity contribution in [2.75, 3.05) is 23.7 Å². The molecular formula is C14H16N4O. The summed E-state index contributed by atoms with van der Waals surface area (Å²) in [7, 11) is 0. The number of fused-ring (bicyclic) bond motifs is 1. The molecule has 1 fully saturated rings. The van der Waals surface area contributed by atoms with Crippen molar-refractivity contribution in [2.45, 2.75) is 13.0 Å². The van der Waals surface area contributed by atoms with Gasteiger partial charge in [-0.15, -0.1) is 0 Å². The van der Waals surface area contributed by atoms with Gasteiger partial charge in [-0.25, -0.2) is 0 Å². The van der Waals surface area contributed by atoms with Gasteiger partial charge in [-0.2, -0.15) is 0 Å². The summed E-state index contributed by atoms with van der Waals surface area (Å²) < 4.78 is 0. The Hall–Kier alpha value is -2.30. The van der Waals surface area contributed by atoms with Crippen molar-refractivity contribution < 1.29 is 4.79 Å². The highest BCUT2D eigenvalue weighted by atomic mass is 16.2. The fourth-order valence-corrected chi connectivity index (χ4v) is 2.54. The molecule has 1 aromatic heterocycles. The van der Waals surface area contributed by atoms with Crippen LogP contribution in [0.1, 0.15) is 6.92 Å². The maximum Gasteiger partial charge on any atom is 0.242 e. The molecule has 1 amide bonds. The van der Waals surface area contributed by atoms with E-state index in [2.05, 4.69) is 10.3 Å². The van der Waals surface area contributed by atoms with Gasteiger partial charge in [-0.3, -0.25) is 9.78 Å². The first-order valence-electron chi connectivity index (χ1n) is 6.35. The van der Waals surface area contributed by atoms with E-state index >= 15 is 0 Å². The second kappa shape index (κ2) is 4.42. The lowest BCUT2D eigenvalue weighted by atomic mass is 10.1. The van der Waals surface area contributed by atoms with Gasteiger partial charge in [0.1, 0.15) is 6.04 Å². The normalized spacial score (nSPS) is 19.5. The van der Waals surface area contributed by atoms with Gasteiger partial charge in [-0.05, 0) is 19.1 Å². The molecule has 1 saturated heterocycles. The van der Waals surface area contributed by atoms with Gasteiger partial charge in [0, 0.05) is 36.3 Å². The van der Waals surface area contributed by atoms with E-state index in [9.17, 15) is 4.79 Å². The van der Waals surface area contributed by atoms with E-state index in [0.717, 1.165) is 23.0 Å². The summed E-state index contributed by atoms with van der Waals surface area (Å²) in [6, 6.07) is 5.67. The molecular weight excluding hydrogens is 240 g/mol. The lowest BCUT2D eigenvalue weighted by Crippen LogP contribution is -2.54. The molecule has 0 aliphatic carbocycles. The zero-order chi connectivity index (χ0) is 13.4. The van der Waals surface area contributed by atoms with Crippen LogP contribution in [0, 0.1) is 0 Å². The van der Waals surface area contributed by atoms with Gasteiger partial charge < -0.3 is 16.0 Å². The van der Waals surface area contributed by atoms with Crippen LogP contribution in [0.2, 0.25) is 0 Å². The molecule has 98 valence electrons. The monoisotopic (exact) mass is 256 g/mol. The predicted octanol–water partition coefficient (Wildman–Crippen LogP) is 1.14. The minimum atomic E-state index is -0.199. The molecule has 19 heavy (non-hydrogen) atoms. The number of pyridine rings is 1. The second-order valence-electron chi connectivity index (χ2n) is 4.76. The number of nitrogens with one attached hydrogen (secondary N) is 1. The van der Waals surface area contributed by atoms with Gasteiger partial charge >= 0.3 is 0 Å². The van der Waals surface area contributed by atoms with Gasteiger partial charge in [0.2, 0.25) is 5.91 Å². The molecule has 1 unspecified atom stereocenters. The highest BCUT2D eigenvalue weighted by Crippen LogP contribution is 2.32. The summed E-state index contributed by atoms with van der Waals surface area (Å²) in [5.41, 5.74) is 7.88. The zero-order valence-corrected chi connectivity index (χ0v) is 10.8. The van der Waals surface area contributed by atoms with E-state index in [1.165, 1.54) is 0 Å². The Morgan fingerprint density at radius 3 is 3.11 bits per heavy atom. The van der Waals surface area contributed by atoms with E-state index < -0.39 is 0 Å². The van der Waals surface area contributed by atoms with Crippen LogP contribution in [-0.4, -0.2) is 30.0 Å². The number of amides is 1. The maximum absolute atomic E-state index is 11.7. The van der Waals surface area contributed by atoms with Gasteiger partial charge in [0.15, 0.2) is 0 Å². The number of hydrogen-bond donors (Lipinski definition) is 2. The first-order valence-corrected chi connectivity index (χ1v) is 6.35. The van der Waals surface area contributed by atoms with E-state index in [0.29, 0.717) is 12.2 Å². The van der Waals surface area contributed by atoms with Crippen LogP contribution in [-0.2, 0) is 4.79 Å². The lowest BCUT2D eigenvalue weighted by molar-refractivity contribution is -0.122. The van der Waals surface area contributed by atoms with Crippen molar-refractivity contribution in [3.8, 4) is 0 Å². The quantitative estimate of drug-likeness (QED) is 0.751. The number of rotatable bonds is 1. The fourth-order valence-electron chi connectivity index (χ4n) is 2.54. The second-order valence-corrected chi connectivity index (χ2v) is 4.76. The zero-order valence-electron chi connectivity index (χ0n) is 10.8. The number of nitrogens with zero attached hydrogens (tertiary/aromatic N) is 2. The van der Waals surface area contributed by atoms with Crippen molar-refractivity contribution >= 4 is 28.1 Å². The molecule has 1 aliphatic rings. The van der Waals surface area contributed by atoms with Crippen molar-refractivity contribution in [1.29, 1.82) is 0 Å². The van der Waals surface area contributed by atoms with Crippen LogP contribution in [0.15, 0.2) is 30.6 Å². The molecule has 5 heteroatoms. The largest absolute Gasteiger partial charge is 0.397 e. The number of anilines is 2. The number of carbonyl (C=O) groups is 1. The minimum absolute atomic E-state index is 0.0421. The Labute approximate surface area is 111 Å². The number of aromatic nitrogens is 1. The molecule has 0 radical (unpaired) electrons. The van der Waals surface area contributed by atoms with Crippen LogP contribution in [0.5, 0.6) is 0 Å². The standard InChI is InChI=1S/C14H16N4O/c1-9-14(19)17-6-7-18(9)12-3-2-10-8-16-5-4-11(10)13(12)15/h2-5,8-9H,6-7,15H2,1H3,(H,17,19). The van der Waals surface area contributed by atoms with Crippen LogP contribution in [0.4, 0.5) is 11.4 Å². The van der Waals surface area contributed by atoms with Crippen LogP contribution >= 0.6 is 0 Å².